The Balaban J connectivity index is 1.26. The van der Waals surface area contributed by atoms with Gasteiger partial charge in [-0.25, -0.2) is 13.8 Å². The van der Waals surface area contributed by atoms with Gasteiger partial charge in [-0.2, -0.15) is 5.10 Å². The lowest BCUT2D eigenvalue weighted by atomic mass is 10.1. The molecule has 2 aliphatic heterocycles. The van der Waals surface area contributed by atoms with E-state index in [1.807, 2.05) is 12.1 Å². The van der Waals surface area contributed by atoms with Gasteiger partial charge in [0.25, 0.3) is 5.91 Å². The molecule has 214 valence electrons. The van der Waals surface area contributed by atoms with Gasteiger partial charge in [-0.15, -0.1) is 0 Å². The summed E-state index contributed by atoms with van der Waals surface area (Å²) in [7, 11) is 2.12. The molecule has 0 spiro atoms. The van der Waals surface area contributed by atoms with E-state index in [1.54, 1.807) is 12.1 Å². The number of nitrogens with zero attached hydrogens (tertiary/aromatic N) is 4. The van der Waals surface area contributed by atoms with Gasteiger partial charge in [-0.05, 0) is 74.0 Å². The molecule has 2 fully saturated rings. The van der Waals surface area contributed by atoms with Crippen molar-refractivity contribution in [1.29, 1.82) is 0 Å². The minimum absolute atomic E-state index is 0.102. The lowest BCUT2D eigenvalue weighted by Crippen LogP contribution is -2.44. The van der Waals surface area contributed by atoms with Gasteiger partial charge in [0.15, 0.2) is 5.82 Å². The van der Waals surface area contributed by atoms with Gasteiger partial charge in [0.05, 0.1) is 11.1 Å². The molecule has 2 saturated heterocycles. The van der Waals surface area contributed by atoms with Crippen molar-refractivity contribution in [3.63, 3.8) is 0 Å². The molecule has 2 aromatic carbocycles. The van der Waals surface area contributed by atoms with E-state index >= 15 is 0 Å². The number of amides is 1. The molecule has 2 aliphatic rings. The maximum absolute atomic E-state index is 14.2. The third-order valence-corrected chi connectivity index (χ3v) is 7.77. The first kappa shape index (κ1) is 27.1. The normalized spacial score (nSPS) is 16.7. The minimum Gasteiger partial charge on any atom is -0.381 e. The topological polar surface area (TPSA) is 98.4 Å². The van der Waals surface area contributed by atoms with Crippen molar-refractivity contribution in [2.24, 2.45) is 0 Å². The number of H-pyrrole nitrogens is 1. The van der Waals surface area contributed by atoms with Crippen molar-refractivity contribution in [2.45, 2.75) is 25.3 Å². The Hall–Kier alpha value is -4.09. The van der Waals surface area contributed by atoms with Gasteiger partial charge in [0.2, 0.25) is 0 Å². The highest BCUT2D eigenvalue weighted by molar-refractivity contribution is 6.10. The molecule has 0 radical (unpaired) electrons. The number of likely N-dealkylation sites (N-methyl/N-ethyl adjacent to an activating group) is 1. The number of aromatic amines is 1. The van der Waals surface area contributed by atoms with E-state index in [0.29, 0.717) is 35.5 Å². The van der Waals surface area contributed by atoms with Crippen molar-refractivity contribution in [3.05, 3.63) is 77.0 Å². The largest absolute Gasteiger partial charge is 0.381 e. The van der Waals surface area contributed by atoms with Crippen molar-refractivity contribution in [1.82, 2.24) is 20.1 Å². The third kappa shape index (κ3) is 6.15. The highest BCUT2D eigenvalue weighted by atomic mass is 19.1. The number of aromatic nitrogens is 3. The lowest BCUT2D eigenvalue weighted by molar-refractivity contribution is 0.0904. The Morgan fingerprint density at radius 2 is 1.85 bits per heavy atom. The second-order valence-corrected chi connectivity index (χ2v) is 10.7. The van der Waals surface area contributed by atoms with E-state index < -0.39 is 11.6 Å². The van der Waals surface area contributed by atoms with E-state index in [0.717, 1.165) is 68.6 Å². The van der Waals surface area contributed by atoms with E-state index in [9.17, 15) is 13.6 Å². The van der Waals surface area contributed by atoms with Crippen LogP contribution in [0.3, 0.4) is 0 Å². The van der Waals surface area contributed by atoms with Crippen molar-refractivity contribution in [2.75, 3.05) is 62.0 Å². The smallest absolute Gasteiger partial charge is 0.259 e. The molecule has 4 heterocycles. The minimum atomic E-state index is -0.512. The van der Waals surface area contributed by atoms with Crippen LogP contribution in [0.15, 0.2) is 48.5 Å². The number of nitrogens with one attached hydrogen (secondary N) is 3. The first-order chi connectivity index (χ1) is 19.9. The number of rotatable bonds is 7. The van der Waals surface area contributed by atoms with Crippen LogP contribution in [0.25, 0.3) is 11.0 Å². The average molecular weight is 562 g/mol. The van der Waals surface area contributed by atoms with Gasteiger partial charge in [0, 0.05) is 68.9 Å². The number of fused-ring (bicyclic) bond motifs is 1. The number of carbonyl (C=O) groups excluding carboxylic acids is 1. The first-order valence-electron chi connectivity index (χ1n) is 13.9. The quantitative estimate of drug-likeness (QED) is 0.307. The summed E-state index contributed by atoms with van der Waals surface area (Å²) in [6.07, 6.45) is 1.83. The Kier molecular flexibility index (Phi) is 7.80. The maximum Gasteiger partial charge on any atom is 0.259 e. The number of hydrogen-bond donors (Lipinski definition) is 3. The Morgan fingerprint density at radius 1 is 1.05 bits per heavy atom. The molecule has 0 bridgehead atoms. The van der Waals surface area contributed by atoms with E-state index in [4.69, 9.17) is 4.74 Å². The summed E-state index contributed by atoms with van der Waals surface area (Å²) in [6.45, 7) is 5.18. The average Bonchev–Trinajstić information content (AvgIpc) is 3.37. The standard InChI is InChI=1S/C30H33F2N7O2/c1-38-10-12-39(13-11-38)23-4-5-24(27(18-23)33-21-8-14-41-15-9-21)30(40)35-29-28-26(36-37-29)7-3-22(34-28)17-19-16-20(31)2-6-25(19)32/h2-7,16,18,21,33H,8-15,17H2,1H3,(H2,35,36,37,40). The molecule has 4 aromatic rings. The zero-order valence-corrected chi connectivity index (χ0v) is 22.9. The Morgan fingerprint density at radius 3 is 2.66 bits per heavy atom. The number of pyridine rings is 1. The molecule has 6 rings (SSSR count). The van der Waals surface area contributed by atoms with E-state index in [2.05, 4.69) is 48.7 Å². The molecule has 1 amide bonds. The van der Waals surface area contributed by atoms with Gasteiger partial charge in [0.1, 0.15) is 17.2 Å². The van der Waals surface area contributed by atoms with E-state index in [-0.39, 0.29) is 29.8 Å². The molecule has 3 N–H and O–H groups in total. The second kappa shape index (κ2) is 11.8. The van der Waals surface area contributed by atoms with Gasteiger partial charge >= 0.3 is 0 Å². The third-order valence-electron chi connectivity index (χ3n) is 7.77. The summed E-state index contributed by atoms with van der Waals surface area (Å²) >= 11 is 0. The van der Waals surface area contributed by atoms with Crippen molar-refractivity contribution in [3.8, 4) is 0 Å². The van der Waals surface area contributed by atoms with Crippen LogP contribution in [-0.4, -0.2) is 78.5 Å². The number of carbonyl (C=O) groups is 1. The van der Waals surface area contributed by atoms with Crippen LogP contribution in [0, 0.1) is 11.6 Å². The SMILES string of the molecule is CN1CCN(c2ccc(C(=O)Nc3n[nH]c4ccc(Cc5cc(F)ccc5F)nc34)c(NC3CCOCC3)c2)CC1. The van der Waals surface area contributed by atoms with Gasteiger partial charge in [-0.3, -0.25) is 9.89 Å². The fourth-order valence-corrected chi connectivity index (χ4v) is 5.35. The van der Waals surface area contributed by atoms with Crippen LogP contribution in [-0.2, 0) is 11.2 Å². The van der Waals surface area contributed by atoms with Crippen molar-refractivity contribution < 1.29 is 18.3 Å². The van der Waals surface area contributed by atoms with Crippen LogP contribution >= 0.6 is 0 Å². The zero-order valence-electron chi connectivity index (χ0n) is 22.9. The number of benzene rings is 2. The highest BCUT2D eigenvalue weighted by Gasteiger charge is 2.22. The lowest BCUT2D eigenvalue weighted by Gasteiger charge is -2.34. The second-order valence-electron chi connectivity index (χ2n) is 10.7. The zero-order chi connectivity index (χ0) is 28.3. The summed E-state index contributed by atoms with van der Waals surface area (Å²) < 4.78 is 33.4. The Bertz CT molecular complexity index is 1550. The summed E-state index contributed by atoms with van der Waals surface area (Å²) in [5.74, 6) is -1.06. The highest BCUT2D eigenvalue weighted by Crippen LogP contribution is 2.29. The molecule has 2 aromatic heterocycles. The molecular formula is C30H33F2N7O2. The number of anilines is 3. The van der Waals surface area contributed by atoms with E-state index in [1.165, 1.54) is 0 Å². The fraction of sp³-hybridized carbons (Fsp3) is 0.367. The number of ether oxygens (including phenoxy) is 1. The Labute approximate surface area is 236 Å². The molecule has 11 heteroatoms. The number of halogens is 2. The molecular weight excluding hydrogens is 528 g/mol. The monoisotopic (exact) mass is 561 g/mol. The summed E-state index contributed by atoms with van der Waals surface area (Å²) in [4.78, 5) is 22.9. The van der Waals surface area contributed by atoms with Crippen LogP contribution in [0.1, 0.15) is 34.5 Å². The van der Waals surface area contributed by atoms with Crippen LogP contribution < -0.4 is 15.5 Å². The maximum atomic E-state index is 14.2. The molecule has 0 aliphatic carbocycles. The van der Waals surface area contributed by atoms with Crippen LogP contribution in [0.5, 0.6) is 0 Å². The van der Waals surface area contributed by atoms with Gasteiger partial charge < -0.3 is 25.2 Å². The van der Waals surface area contributed by atoms with Crippen LogP contribution in [0.4, 0.5) is 26.0 Å². The fourth-order valence-electron chi connectivity index (χ4n) is 5.35. The molecule has 41 heavy (non-hydrogen) atoms. The summed E-state index contributed by atoms with van der Waals surface area (Å²) in [5.41, 5.74) is 4.14. The number of piperazine rings is 1. The van der Waals surface area contributed by atoms with Crippen LogP contribution in [0.2, 0.25) is 0 Å². The molecule has 0 unspecified atom stereocenters. The predicted molar refractivity (Wildman–Crippen MR) is 155 cm³/mol. The van der Waals surface area contributed by atoms with Crippen molar-refractivity contribution >= 4 is 34.1 Å². The molecule has 0 atom stereocenters. The molecule has 0 saturated carbocycles. The first-order valence-corrected chi connectivity index (χ1v) is 13.9. The van der Waals surface area contributed by atoms with Gasteiger partial charge in [-0.1, -0.05) is 0 Å². The molecule has 9 nitrogen and oxygen atoms in total. The number of hydrogen-bond acceptors (Lipinski definition) is 7. The summed E-state index contributed by atoms with van der Waals surface area (Å²) in [6, 6.07) is 12.9. The summed E-state index contributed by atoms with van der Waals surface area (Å²) in [5, 5.41) is 13.7. The predicted octanol–water partition coefficient (Wildman–Crippen LogP) is 4.42.